The first-order valence-electron chi connectivity index (χ1n) is 18.1. The third-order valence-corrected chi connectivity index (χ3v) is 9.01. The fourth-order valence-electron chi connectivity index (χ4n) is 5.98. The Morgan fingerprint density at radius 3 is 0.781 bits per heavy atom. The Kier molecular flexibility index (Phi) is 17.0. The summed E-state index contributed by atoms with van der Waals surface area (Å²) in [6.07, 6.45) is -1.72. The zero-order valence-corrected chi connectivity index (χ0v) is 34.3. The van der Waals surface area contributed by atoms with Gasteiger partial charge < -0.3 is 77.5 Å². The van der Waals surface area contributed by atoms with Crippen LogP contribution in [0.15, 0.2) is 109 Å². The summed E-state index contributed by atoms with van der Waals surface area (Å²) in [7, 11) is 0. The first kappa shape index (κ1) is 49.8. The molecule has 0 unspecified atom stereocenters. The summed E-state index contributed by atoms with van der Waals surface area (Å²) < 4.78 is 0. The first-order chi connectivity index (χ1) is 29.7. The third-order valence-electron chi connectivity index (χ3n) is 9.01. The van der Waals surface area contributed by atoms with Crippen LogP contribution in [-0.2, 0) is 33.6 Å². The number of benzene rings is 6. The number of hydrogen-bond acceptors (Lipinski definition) is 18. The summed E-state index contributed by atoms with van der Waals surface area (Å²) in [6, 6.07) is 27.0. The van der Waals surface area contributed by atoms with Crippen molar-refractivity contribution in [3.8, 4) is 34.5 Å². The minimum Gasteiger partial charge on any atom is -0.550 e. The zero-order chi connectivity index (χ0) is 46.7. The van der Waals surface area contributed by atoms with E-state index >= 15 is 0 Å². The molecule has 6 aromatic carbocycles. The Hall–Kier alpha value is -8.53. The van der Waals surface area contributed by atoms with Gasteiger partial charge in [-0.1, -0.05) is 91.0 Å². The van der Waals surface area contributed by atoms with Gasteiger partial charge in [-0.05, 0) is 34.9 Å². The number of carbonyl (C=O) groups excluding carboxylic acids is 6. The summed E-state index contributed by atoms with van der Waals surface area (Å²) in [6.45, 7) is 0. The minimum absolute atomic E-state index is 0. The molecule has 18 nitrogen and oxygen atoms in total. The molecular weight excluding hydrogens is 849 g/mol. The van der Waals surface area contributed by atoms with Gasteiger partial charge in [-0.3, -0.25) is 14.4 Å². The van der Waals surface area contributed by atoms with Crippen molar-refractivity contribution in [3.63, 3.8) is 0 Å². The van der Waals surface area contributed by atoms with E-state index in [1.165, 1.54) is 36.4 Å². The molecule has 0 radical (unpaired) electrons. The maximum Gasteiger partial charge on any atom is 3.00 e. The molecule has 0 atom stereocenters. The van der Waals surface area contributed by atoms with E-state index in [1.807, 2.05) is 0 Å². The first-order valence-corrected chi connectivity index (χ1v) is 18.1. The normalized spacial score (nSPS) is 10.1. The number of carboxylic acid groups (broad SMARTS) is 3. The number of hydrogen-bond donors (Lipinski definition) is 9. The van der Waals surface area contributed by atoms with Crippen LogP contribution in [0.4, 0.5) is 17.1 Å². The molecule has 0 saturated carbocycles. The molecule has 0 aromatic heterocycles. The molecule has 0 bridgehead atoms. The Balaban J connectivity index is 0.000000253. The quantitative estimate of drug-likeness (QED) is 0.0261. The van der Waals surface area contributed by atoms with Gasteiger partial charge in [-0.15, -0.1) is 0 Å². The number of phenolic OH excluding ortho intramolecular Hbond substituents is 6. The molecule has 0 saturated heterocycles. The van der Waals surface area contributed by atoms with Crippen molar-refractivity contribution in [1.82, 2.24) is 0 Å². The molecular formula is C45H36AlN3O15. The van der Waals surface area contributed by atoms with E-state index in [-0.39, 0.29) is 84.5 Å². The van der Waals surface area contributed by atoms with Crippen molar-refractivity contribution in [2.45, 2.75) is 19.3 Å². The molecule has 0 spiro atoms. The molecule has 0 fully saturated rings. The number of phenols is 6. The summed E-state index contributed by atoms with van der Waals surface area (Å²) in [5, 5.41) is 90.5. The second kappa shape index (κ2) is 21.8. The van der Waals surface area contributed by atoms with Crippen molar-refractivity contribution in [3.05, 3.63) is 159 Å². The van der Waals surface area contributed by atoms with Gasteiger partial charge in [0.2, 0.25) is 0 Å². The number of anilines is 3. The molecule has 19 heteroatoms. The number of carbonyl (C=O) groups is 6. The van der Waals surface area contributed by atoms with Crippen LogP contribution in [0.3, 0.4) is 0 Å². The van der Waals surface area contributed by atoms with Crippen LogP contribution in [0.5, 0.6) is 34.5 Å². The van der Waals surface area contributed by atoms with Crippen LogP contribution in [0.25, 0.3) is 0 Å². The zero-order valence-electron chi connectivity index (χ0n) is 33.2. The molecule has 0 amide bonds. The number of carboxylic acids is 3. The van der Waals surface area contributed by atoms with Gasteiger partial charge in [0.15, 0.2) is 51.8 Å². The summed E-state index contributed by atoms with van der Waals surface area (Å²) in [4.78, 5) is 69.1. The Labute approximate surface area is 373 Å². The topological polar surface area (TPSA) is 371 Å². The predicted molar refractivity (Wildman–Crippen MR) is 224 cm³/mol. The predicted octanol–water partition coefficient (Wildman–Crippen LogP) is 0.229. The van der Waals surface area contributed by atoms with Crippen LogP contribution in [0.2, 0.25) is 0 Å². The van der Waals surface area contributed by atoms with Gasteiger partial charge in [0.1, 0.15) is 0 Å². The summed E-state index contributed by atoms with van der Waals surface area (Å²) in [5.74, 6) is -9.93. The van der Waals surface area contributed by atoms with E-state index < -0.39 is 89.0 Å². The van der Waals surface area contributed by atoms with E-state index in [2.05, 4.69) is 0 Å². The number of aromatic hydroxyl groups is 6. The molecule has 0 aliphatic heterocycles. The fourth-order valence-corrected chi connectivity index (χ4v) is 5.98. The number of nitrogens with two attached hydrogens (primary N) is 3. The number of nitrogen functional groups attached to an aromatic ring is 3. The monoisotopic (exact) mass is 885 g/mol. The van der Waals surface area contributed by atoms with E-state index in [1.54, 1.807) is 54.6 Å². The number of ketones is 3. The van der Waals surface area contributed by atoms with Gasteiger partial charge in [-0.2, -0.15) is 0 Å². The van der Waals surface area contributed by atoms with Crippen molar-refractivity contribution in [1.29, 1.82) is 0 Å². The molecule has 64 heavy (non-hydrogen) atoms. The molecule has 6 rings (SSSR count). The average molecular weight is 886 g/mol. The second-order valence-electron chi connectivity index (χ2n) is 13.3. The van der Waals surface area contributed by atoms with Crippen molar-refractivity contribution in [2.75, 3.05) is 17.2 Å². The van der Waals surface area contributed by atoms with Gasteiger partial charge in [0, 0.05) is 53.9 Å². The molecule has 6 aromatic rings. The minimum atomic E-state index is -1.41. The van der Waals surface area contributed by atoms with Crippen LogP contribution in [0.1, 0.15) is 64.5 Å². The van der Waals surface area contributed by atoms with E-state index in [0.29, 0.717) is 0 Å². The van der Waals surface area contributed by atoms with Gasteiger partial charge >= 0.3 is 17.4 Å². The SMILES string of the molecule is Nc1c(CC(=O)[O-])cc(O)c(O)c1C(=O)c1ccccc1.Nc1c(CC(=O)[O-])cc(O)c(O)c1C(=O)c1ccccc1.Nc1c(CC(=O)[O-])cc(O)c(O)c1C(=O)c1ccccc1.[Al+3]. The van der Waals surface area contributed by atoms with E-state index in [9.17, 15) is 74.7 Å². The van der Waals surface area contributed by atoms with Crippen molar-refractivity contribution in [2.24, 2.45) is 0 Å². The maximum absolute atomic E-state index is 12.4. The van der Waals surface area contributed by atoms with Crippen molar-refractivity contribution >= 4 is 69.7 Å². The van der Waals surface area contributed by atoms with Crippen LogP contribution in [-0.4, -0.2) is 83.3 Å². The van der Waals surface area contributed by atoms with Crippen LogP contribution >= 0.6 is 0 Å². The van der Waals surface area contributed by atoms with Gasteiger partial charge in [0.25, 0.3) is 0 Å². The number of aliphatic carboxylic acids is 3. The van der Waals surface area contributed by atoms with Gasteiger partial charge in [-0.25, -0.2) is 0 Å². The molecule has 12 N–H and O–H groups in total. The molecule has 0 aliphatic rings. The van der Waals surface area contributed by atoms with Crippen LogP contribution in [0, 0.1) is 0 Å². The number of rotatable bonds is 12. The molecule has 324 valence electrons. The fraction of sp³-hybridized carbons (Fsp3) is 0.0667. The third kappa shape index (κ3) is 11.8. The Morgan fingerprint density at radius 1 is 0.391 bits per heavy atom. The van der Waals surface area contributed by atoms with Crippen LogP contribution < -0.4 is 32.5 Å². The Bertz CT molecular complexity index is 2430. The van der Waals surface area contributed by atoms with E-state index in [0.717, 1.165) is 18.2 Å². The standard InChI is InChI=1S/3C15H13NO5.Al/c3*16-13-9(7-11(18)19)6-10(17)15(21)12(13)14(20)8-4-2-1-3-5-8;/h3*1-6,17,21H,7,16H2,(H,18,19);/q;;;+3/p-3. The summed E-state index contributed by atoms with van der Waals surface area (Å²) in [5.41, 5.74) is 16.5. The van der Waals surface area contributed by atoms with Gasteiger partial charge in [0.05, 0.1) is 33.8 Å². The second-order valence-corrected chi connectivity index (χ2v) is 13.3. The molecule has 0 aliphatic carbocycles. The largest absolute Gasteiger partial charge is 3.00 e. The van der Waals surface area contributed by atoms with Crippen molar-refractivity contribution < 1.29 is 74.7 Å². The smallest absolute Gasteiger partial charge is 0.550 e. The average Bonchev–Trinajstić information content (AvgIpc) is 3.25. The maximum atomic E-state index is 12.4. The summed E-state index contributed by atoms with van der Waals surface area (Å²) >= 11 is 0. The Morgan fingerprint density at radius 2 is 0.594 bits per heavy atom. The molecule has 0 heterocycles. The van der Waals surface area contributed by atoms with E-state index in [4.69, 9.17) is 17.2 Å².